The molecule has 0 aliphatic carbocycles. The molecule has 2 heterocycles. The third-order valence-corrected chi connectivity index (χ3v) is 4.23. The van der Waals surface area contributed by atoms with Gasteiger partial charge in [-0.05, 0) is 45.4 Å². The monoisotopic (exact) mass is 338 g/mol. The van der Waals surface area contributed by atoms with Gasteiger partial charge in [0.05, 0.1) is 0 Å². The Labute approximate surface area is 134 Å². The first-order chi connectivity index (χ1) is 10.6. The maximum Gasteiger partial charge on any atom is 0.361 e. The number of aryl methyl sites for hydroxylation is 1. The van der Waals surface area contributed by atoms with E-state index >= 15 is 0 Å². The molecular weight excluding hydrogens is 320 g/mol. The first kappa shape index (κ1) is 17.1. The number of hydrogen-bond acceptors (Lipinski definition) is 7. The molecule has 0 amide bonds. The minimum absolute atomic E-state index is 0.0484. The van der Waals surface area contributed by atoms with Crippen molar-refractivity contribution in [2.75, 3.05) is 0 Å². The molecule has 2 aromatic heterocycles. The predicted molar refractivity (Wildman–Crippen MR) is 81.5 cm³/mol. The van der Waals surface area contributed by atoms with Crippen LogP contribution in [0.25, 0.3) is 0 Å². The molecule has 124 valence electrons. The summed E-state index contributed by atoms with van der Waals surface area (Å²) in [7, 11) is -3.68. The summed E-state index contributed by atoms with van der Waals surface area (Å²) in [5.74, 6) is -1.05. The number of carbonyl (C=O) groups is 1. The second-order valence-electron chi connectivity index (χ2n) is 6.11. The topological polar surface area (TPSA) is 99.4 Å². The van der Waals surface area contributed by atoms with Gasteiger partial charge in [-0.3, -0.25) is 0 Å². The van der Waals surface area contributed by atoms with Gasteiger partial charge in [-0.15, -0.1) is 0 Å². The van der Waals surface area contributed by atoms with Crippen molar-refractivity contribution in [3.63, 3.8) is 0 Å². The SMILES string of the molecule is Cc1ccnc(S(=O)(=O)Cc2cc(C(=O)OC(C)(C)C)no2)c1. The number of pyridine rings is 1. The van der Waals surface area contributed by atoms with Gasteiger partial charge in [0.15, 0.2) is 16.5 Å². The van der Waals surface area contributed by atoms with Crippen LogP contribution in [0, 0.1) is 6.92 Å². The first-order valence-electron chi connectivity index (χ1n) is 6.91. The quantitative estimate of drug-likeness (QED) is 0.789. The lowest BCUT2D eigenvalue weighted by Crippen LogP contribution is -2.24. The number of nitrogens with zero attached hydrogens (tertiary/aromatic N) is 2. The second kappa shape index (κ2) is 6.11. The first-order valence-corrected chi connectivity index (χ1v) is 8.56. The van der Waals surface area contributed by atoms with Crippen molar-refractivity contribution in [2.45, 2.75) is 44.1 Å². The summed E-state index contributed by atoms with van der Waals surface area (Å²) in [6, 6.07) is 4.44. The molecule has 8 heteroatoms. The smallest absolute Gasteiger partial charge is 0.361 e. The van der Waals surface area contributed by atoms with E-state index in [1.807, 2.05) is 0 Å². The molecule has 0 aromatic carbocycles. The molecule has 2 rings (SSSR count). The number of esters is 1. The molecule has 0 saturated carbocycles. The van der Waals surface area contributed by atoms with Crippen LogP contribution in [0.1, 0.15) is 42.6 Å². The molecule has 0 radical (unpaired) electrons. The average molecular weight is 338 g/mol. The van der Waals surface area contributed by atoms with E-state index in [0.29, 0.717) is 0 Å². The highest BCUT2D eigenvalue weighted by Crippen LogP contribution is 2.17. The van der Waals surface area contributed by atoms with Crippen molar-refractivity contribution < 1.29 is 22.5 Å². The standard InChI is InChI=1S/C15H18N2O5S/c1-10-5-6-16-13(7-10)23(19,20)9-11-8-12(17-22-11)14(18)21-15(2,3)4/h5-8H,9H2,1-4H3. The number of carbonyl (C=O) groups excluding carboxylic acids is 1. The Hall–Kier alpha value is -2.22. The van der Waals surface area contributed by atoms with Crippen LogP contribution in [-0.4, -0.2) is 30.1 Å². The predicted octanol–water partition coefficient (Wildman–Crippen LogP) is 2.31. The Balaban J connectivity index is 2.17. The van der Waals surface area contributed by atoms with Crippen LogP contribution in [-0.2, 0) is 20.3 Å². The summed E-state index contributed by atoms with van der Waals surface area (Å²) < 4.78 is 34.7. The molecule has 23 heavy (non-hydrogen) atoms. The van der Waals surface area contributed by atoms with Crippen LogP contribution in [0.5, 0.6) is 0 Å². The Morgan fingerprint density at radius 2 is 2.00 bits per heavy atom. The summed E-state index contributed by atoms with van der Waals surface area (Å²) in [6.07, 6.45) is 1.43. The van der Waals surface area contributed by atoms with E-state index in [4.69, 9.17) is 9.26 Å². The van der Waals surface area contributed by atoms with Gasteiger partial charge >= 0.3 is 5.97 Å². The zero-order valence-corrected chi connectivity index (χ0v) is 14.2. The highest BCUT2D eigenvalue weighted by molar-refractivity contribution is 7.90. The van der Waals surface area contributed by atoms with Crippen LogP contribution < -0.4 is 0 Å². The van der Waals surface area contributed by atoms with Gasteiger partial charge in [-0.2, -0.15) is 0 Å². The van der Waals surface area contributed by atoms with Gasteiger partial charge in [-0.25, -0.2) is 18.2 Å². The van der Waals surface area contributed by atoms with Gasteiger partial charge in [0.2, 0.25) is 9.84 Å². The van der Waals surface area contributed by atoms with Crippen LogP contribution >= 0.6 is 0 Å². The number of rotatable bonds is 4. The van der Waals surface area contributed by atoms with Crippen molar-refractivity contribution in [1.29, 1.82) is 0 Å². The van der Waals surface area contributed by atoms with E-state index < -0.39 is 27.2 Å². The van der Waals surface area contributed by atoms with Gasteiger partial charge in [0.1, 0.15) is 11.4 Å². The van der Waals surface area contributed by atoms with Crippen LogP contribution in [0.15, 0.2) is 33.9 Å². The largest absolute Gasteiger partial charge is 0.455 e. The van der Waals surface area contributed by atoms with Crippen molar-refractivity contribution in [1.82, 2.24) is 10.1 Å². The normalized spacial score (nSPS) is 12.2. The van der Waals surface area contributed by atoms with Crippen LogP contribution in [0.3, 0.4) is 0 Å². The fourth-order valence-corrected chi connectivity index (χ4v) is 2.99. The van der Waals surface area contributed by atoms with Crippen molar-refractivity contribution in [3.8, 4) is 0 Å². The molecule has 0 spiro atoms. The fourth-order valence-electron chi connectivity index (χ4n) is 1.75. The van der Waals surface area contributed by atoms with Crippen molar-refractivity contribution >= 4 is 15.8 Å². The van der Waals surface area contributed by atoms with Crippen molar-refractivity contribution in [2.24, 2.45) is 0 Å². The molecule has 0 aliphatic rings. The molecule has 0 saturated heterocycles. The third kappa shape index (κ3) is 4.62. The maximum absolute atomic E-state index is 12.3. The Morgan fingerprint density at radius 1 is 1.30 bits per heavy atom. The highest BCUT2D eigenvalue weighted by Gasteiger charge is 2.24. The minimum atomic E-state index is -3.68. The van der Waals surface area contributed by atoms with E-state index in [1.165, 1.54) is 18.3 Å². The number of aromatic nitrogens is 2. The summed E-state index contributed by atoms with van der Waals surface area (Å²) >= 11 is 0. The lowest BCUT2D eigenvalue weighted by molar-refractivity contribution is 0.00588. The van der Waals surface area contributed by atoms with Gasteiger partial charge in [0.25, 0.3) is 0 Å². The van der Waals surface area contributed by atoms with Crippen LogP contribution in [0.2, 0.25) is 0 Å². The minimum Gasteiger partial charge on any atom is -0.455 e. The third-order valence-electron chi connectivity index (χ3n) is 2.71. The molecular formula is C15H18N2O5S. The molecule has 0 N–H and O–H groups in total. The molecule has 2 aromatic rings. The lowest BCUT2D eigenvalue weighted by atomic mass is 10.2. The van der Waals surface area contributed by atoms with E-state index in [-0.39, 0.29) is 16.5 Å². The van der Waals surface area contributed by atoms with Gasteiger partial charge < -0.3 is 9.26 Å². The van der Waals surface area contributed by atoms with E-state index in [0.717, 1.165) is 5.56 Å². The molecule has 0 fully saturated rings. The van der Waals surface area contributed by atoms with E-state index in [1.54, 1.807) is 33.8 Å². The zero-order chi connectivity index (χ0) is 17.3. The Kier molecular flexibility index (Phi) is 4.56. The average Bonchev–Trinajstić information content (AvgIpc) is 2.84. The molecule has 0 bridgehead atoms. The summed E-state index contributed by atoms with van der Waals surface area (Å²) in [5.41, 5.74) is 0.0428. The van der Waals surface area contributed by atoms with Crippen molar-refractivity contribution in [3.05, 3.63) is 41.4 Å². The zero-order valence-electron chi connectivity index (χ0n) is 13.4. The lowest BCUT2D eigenvalue weighted by Gasteiger charge is -2.18. The Morgan fingerprint density at radius 3 is 2.61 bits per heavy atom. The summed E-state index contributed by atoms with van der Waals surface area (Å²) in [6.45, 7) is 6.94. The number of sulfone groups is 1. The summed E-state index contributed by atoms with van der Waals surface area (Å²) in [4.78, 5) is 15.7. The maximum atomic E-state index is 12.3. The Bertz CT molecular complexity index is 818. The van der Waals surface area contributed by atoms with E-state index in [9.17, 15) is 13.2 Å². The second-order valence-corrected chi connectivity index (χ2v) is 8.05. The highest BCUT2D eigenvalue weighted by atomic mass is 32.2. The van der Waals surface area contributed by atoms with Gasteiger partial charge in [0, 0.05) is 12.3 Å². The van der Waals surface area contributed by atoms with Crippen LogP contribution in [0.4, 0.5) is 0 Å². The number of hydrogen-bond donors (Lipinski definition) is 0. The molecule has 0 atom stereocenters. The summed E-state index contributed by atoms with van der Waals surface area (Å²) in [5, 5.41) is 3.51. The van der Waals surface area contributed by atoms with E-state index in [2.05, 4.69) is 10.1 Å². The molecule has 0 aliphatic heterocycles. The number of ether oxygens (including phenoxy) is 1. The molecule has 7 nitrogen and oxygen atoms in total. The van der Waals surface area contributed by atoms with Gasteiger partial charge in [-0.1, -0.05) is 5.16 Å². The molecule has 0 unspecified atom stereocenters. The fraction of sp³-hybridized carbons (Fsp3) is 0.400.